The Morgan fingerprint density at radius 2 is 1.78 bits per heavy atom. The number of phenolic OH excluding ortho intramolecular Hbond substituents is 1. The second kappa shape index (κ2) is 10.6. The number of hydrogen-bond donors (Lipinski definition) is 2. The highest BCUT2D eigenvalue weighted by Crippen LogP contribution is 2.31. The molecule has 0 atom stereocenters. The Bertz CT molecular complexity index is 1440. The number of pyridine rings is 1. The van der Waals surface area contributed by atoms with E-state index in [4.69, 9.17) is 4.74 Å². The predicted octanol–water partition coefficient (Wildman–Crippen LogP) is 3.39. The van der Waals surface area contributed by atoms with Crippen molar-refractivity contribution in [2.24, 2.45) is 0 Å². The maximum atomic E-state index is 14.1. The molecule has 1 amide bonds. The van der Waals surface area contributed by atoms with Crippen LogP contribution in [0.25, 0.3) is 11.0 Å². The summed E-state index contributed by atoms with van der Waals surface area (Å²) in [5, 5.41) is 13.2. The minimum absolute atomic E-state index is 0.0905. The maximum Gasteiger partial charge on any atom is 0.333 e. The first-order valence-corrected chi connectivity index (χ1v) is 13.6. The number of ether oxygens (including phenoxy) is 1. The van der Waals surface area contributed by atoms with Crippen LogP contribution in [0.4, 0.5) is 4.39 Å². The molecule has 1 saturated heterocycles. The number of benzene rings is 1. The Hall–Kier alpha value is -3.34. The van der Waals surface area contributed by atoms with Crippen LogP contribution in [0.2, 0.25) is 0 Å². The van der Waals surface area contributed by atoms with Gasteiger partial charge in [-0.25, -0.2) is 14.2 Å². The molecule has 3 aromatic rings. The molecule has 0 radical (unpaired) electrons. The summed E-state index contributed by atoms with van der Waals surface area (Å²) in [6.45, 7) is 0. The predicted molar refractivity (Wildman–Crippen MR) is 139 cm³/mol. The van der Waals surface area contributed by atoms with Crippen molar-refractivity contribution in [3.63, 3.8) is 0 Å². The first kappa shape index (κ1) is 25.3. The molecule has 0 spiro atoms. The van der Waals surface area contributed by atoms with Crippen LogP contribution >= 0.6 is 11.8 Å². The van der Waals surface area contributed by atoms with E-state index in [0.717, 1.165) is 30.5 Å². The molecule has 1 aromatic carbocycles. The summed E-state index contributed by atoms with van der Waals surface area (Å²) in [6.07, 6.45) is 4.71. The molecule has 196 valence electrons. The van der Waals surface area contributed by atoms with E-state index in [-0.39, 0.29) is 40.5 Å². The highest BCUT2D eigenvalue weighted by Gasteiger charge is 2.30. The van der Waals surface area contributed by atoms with Gasteiger partial charge in [-0.2, -0.15) is 11.8 Å². The van der Waals surface area contributed by atoms with Gasteiger partial charge < -0.3 is 15.2 Å². The van der Waals surface area contributed by atoms with E-state index in [9.17, 15) is 23.9 Å². The fraction of sp³-hybridized carbons (Fsp3) is 0.462. The number of aromatic nitrogens is 3. The number of nitrogens with one attached hydrogen (secondary N) is 1. The van der Waals surface area contributed by atoms with Crippen molar-refractivity contribution < 1.29 is 19.0 Å². The van der Waals surface area contributed by atoms with Gasteiger partial charge in [0, 0.05) is 18.1 Å². The molecule has 1 aliphatic carbocycles. The first-order valence-electron chi connectivity index (χ1n) is 12.4. The third-order valence-corrected chi connectivity index (χ3v) is 8.37. The van der Waals surface area contributed by atoms with Gasteiger partial charge in [0.05, 0.1) is 24.3 Å². The number of carbonyl (C=O) groups is 1. The molecule has 3 heterocycles. The number of halogens is 1. The molecule has 5 rings (SSSR count). The van der Waals surface area contributed by atoms with Crippen LogP contribution in [-0.2, 0) is 0 Å². The van der Waals surface area contributed by atoms with Crippen molar-refractivity contribution in [2.75, 3.05) is 18.6 Å². The Kier molecular flexibility index (Phi) is 7.23. The van der Waals surface area contributed by atoms with Crippen LogP contribution in [0.15, 0.2) is 40.1 Å². The zero-order valence-electron chi connectivity index (χ0n) is 20.5. The SMILES string of the molecule is COc1ccc(O)c(C(=O)N[C@H]2CC[C@@H](n3c(=O)c4cc(F)cnc4n(C4CCSCC4)c3=O)CC2)c1. The Morgan fingerprint density at radius 3 is 2.49 bits per heavy atom. The van der Waals surface area contributed by atoms with Crippen molar-refractivity contribution in [3.8, 4) is 11.5 Å². The van der Waals surface area contributed by atoms with Crippen LogP contribution in [-0.4, -0.2) is 49.8 Å². The van der Waals surface area contributed by atoms with Crippen molar-refractivity contribution >= 4 is 28.7 Å². The number of rotatable bonds is 5. The minimum Gasteiger partial charge on any atom is -0.507 e. The van der Waals surface area contributed by atoms with Crippen molar-refractivity contribution in [1.29, 1.82) is 0 Å². The van der Waals surface area contributed by atoms with Crippen LogP contribution < -0.4 is 21.3 Å². The molecule has 2 aliphatic rings. The van der Waals surface area contributed by atoms with Crippen LogP contribution in [0.5, 0.6) is 11.5 Å². The molecule has 1 aliphatic heterocycles. The number of amides is 1. The van der Waals surface area contributed by atoms with Crippen LogP contribution in [0.1, 0.15) is 61.0 Å². The van der Waals surface area contributed by atoms with Crippen LogP contribution in [0.3, 0.4) is 0 Å². The molecule has 1 saturated carbocycles. The number of aromatic hydroxyl groups is 1. The molecule has 2 fully saturated rings. The van der Waals surface area contributed by atoms with E-state index in [0.29, 0.717) is 31.4 Å². The maximum absolute atomic E-state index is 14.1. The standard InChI is InChI=1S/C26H29FN4O5S/c1-36-19-6-7-22(32)20(13-19)24(33)29-16-2-4-17(5-3-16)31-25(34)21-12-15(27)14-28-23(21)30(26(31)35)18-8-10-37-11-9-18/h6-7,12-14,16-18,32H,2-5,8-11H2,1H3,(H,29,33)/t16-,17+. The quantitative estimate of drug-likeness (QED) is 0.522. The number of thioether (sulfide) groups is 1. The van der Waals surface area contributed by atoms with Gasteiger partial charge >= 0.3 is 5.69 Å². The zero-order valence-corrected chi connectivity index (χ0v) is 21.3. The molecule has 0 bridgehead atoms. The van der Waals surface area contributed by atoms with Crippen LogP contribution in [0, 0.1) is 5.82 Å². The lowest BCUT2D eigenvalue weighted by Gasteiger charge is -2.31. The number of nitrogens with zero attached hydrogens (tertiary/aromatic N) is 3. The van der Waals surface area contributed by atoms with E-state index in [1.165, 1.54) is 29.9 Å². The molecular weight excluding hydrogens is 499 g/mol. The topological polar surface area (TPSA) is 115 Å². The normalized spacial score (nSPS) is 20.6. The Morgan fingerprint density at radius 1 is 1.08 bits per heavy atom. The number of hydrogen-bond acceptors (Lipinski definition) is 7. The lowest BCUT2D eigenvalue weighted by Crippen LogP contribution is -2.46. The number of phenols is 1. The lowest BCUT2D eigenvalue weighted by atomic mass is 9.90. The number of fused-ring (bicyclic) bond motifs is 1. The molecular formula is C26H29FN4O5S. The zero-order chi connectivity index (χ0) is 26.1. The summed E-state index contributed by atoms with van der Waals surface area (Å²) in [5.74, 6) is 1.10. The van der Waals surface area contributed by atoms with E-state index < -0.39 is 23.0 Å². The molecule has 11 heteroatoms. The minimum atomic E-state index is -0.618. The monoisotopic (exact) mass is 528 g/mol. The first-order chi connectivity index (χ1) is 17.9. The summed E-state index contributed by atoms with van der Waals surface area (Å²) in [4.78, 5) is 44.0. The summed E-state index contributed by atoms with van der Waals surface area (Å²) >= 11 is 1.83. The molecule has 2 aromatic heterocycles. The highest BCUT2D eigenvalue weighted by atomic mass is 32.2. The van der Waals surface area contributed by atoms with Crippen molar-refractivity contribution in [1.82, 2.24) is 19.4 Å². The smallest absolute Gasteiger partial charge is 0.333 e. The van der Waals surface area contributed by atoms with E-state index in [2.05, 4.69) is 10.3 Å². The Balaban J connectivity index is 1.40. The van der Waals surface area contributed by atoms with Crippen molar-refractivity contribution in [2.45, 2.75) is 56.7 Å². The lowest BCUT2D eigenvalue weighted by molar-refractivity contribution is 0.0918. The van der Waals surface area contributed by atoms with E-state index in [1.54, 1.807) is 10.6 Å². The number of methoxy groups -OCH3 is 1. The molecule has 2 N–H and O–H groups in total. The van der Waals surface area contributed by atoms with Gasteiger partial charge in [-0.15, -0.1) is 0 Å². The molecule has 0 unspecified atom stereocenters. The van der Waals surface area contributed by atoms with Gasteiger partial charge in [0.15, 0.2) is 0 Å². The third-order valence-electron chi connectivity index (χ3n) is 7.32. The van der Waals surface area contributed by atoms with Gasteiger partial charge in [0.1, 0.15) is 23.0 Å². The van der Waals surface area contributed by atoms with Gasteiger partial charge in [-0.05, 0) is 74.3 Å². The second-order valence-electron chi connectivity index (χ2n) is 9.56. The molecule has 37 heavy (non-hydrogen) atoms. The Labute approximate surface area is 216 Å². The van der Waals surface area contributed by atoms with E-state index in [1.807, 2.05) is 11.8 Å². The van der Waals surface area contributed by atoms with Crippen molar-refractivity contribution in [3.05, 3.63) is 62.7 Å². The van der Waals surface area contributed by atoms with Gasteiger partial charge in [-0.3, -0.25) is 18.7 Å². The van der Waals surface area contributed by atoms with Gasteiger partial charge in [0.25, 0.3) is 11.5 Å². The number of carbonyl (C=O) groups excluding carboxylic acids is 1. The largest absolute Gasteiger partial charge is 0.507 e. The average molecular weight is 529 g/mol. The van der Waals surface area contributed by atoms with Gasteiger partial charge in [-0.1, -0.05) is 0 Å². The highest BCUT2D eigenvalue weighted by molar-refractivity contribution is 7.99. The summed E-state index contributed by atoms with van der Waals surface area (Å²) < 4.78 is 22.1. The fourth-order valence-corrected chi connectivity index (χ4v) is 6.45. The third kappa shape index (κ3) is 4.96. The van der Waals surface area contributed by atoms with Gasteiger partial charge in [0.2, 0.25) is 0 Å². The summed E-state index contributed by atoms with van der Waals surface area (Å²) in [5.41, 5.74) is -0.566. The van der Waals surface area contributed by atoms with E-state index >= 15 is 0 Å². The summed E-state index contributed by atoms with van der Waals surface area (Å²) in [6, 6.07) is 4.99. The summed E-state index contributed by atoms with van der Waals surface area (Å²) in [7, 11) is 1.48. The fourth-order valence-electron chi connectivity index (χ4n) is 5.36. The second-order valence-corrected chi connectivity index (χ2v) is 10.8. The average Bonchev–Trinajstić information content (AvgIpc) is 2.91. The molecule has 9 nitrogen and oxygen atoms in total.